The second-order valence-corrected chi connectivity index (χ2v) is 13.0. The van der Waals surface area contributed by atoms with Crippen LogP contribution in [0.5, 0.6) is 0 Å². The molecule has 1 amide bonds. The highest BCUT2D eigenvalue weighted by atomic mass is 32.1. The Morgan fingerprint density at radius 2 is 1.41 bits per heavy atom. The average Bonchev–Trinajstić information content (AvgIpc) is 3.40. The second-order valence-electron chi connectivity index (χ2n) is 11.9. The fourth-order valence-corrected chi connectivity index (χ4v) is 5.20. The van der Waals surface area contributed by atoms with Crippen molar-refractivity contribution in [3.8, 4) is 22.4 Å². The Morgan fingerprint density at radius 3 is 1.92 bits per heavy atom. The number of rotatable bonds is 7. The quantitative estimate of drug-likeness (QED) is 0.254. The molecule has 0 aliphatic rings. The standard InChI is InChI=1S/C33H36N2O3S/c1-32(2,3)25-14-11-22(12-15-25)24-13-16-26(34-20-24)23-9-7-21(8-10-23)19-27(31(37)38)35-30(36)28-17-18-29(39-28)33(4,5)6/h7-18,20,27H,19H2,1-6H3,(H,35,36)(H,37,38). The lowest BCUT2D eigenvalue weighted by atomic mass is 9.86. The summed E-state index contributed by atoms with van der Waals surface area (Å²) in [7, 11) is 0. The van der Waals surface area contributed by atoms with Crippen molar-refractivity contribution in [2.75, 3.05) is 0 Å². The minimum atomic E-state index is -1.06. The van der Waals surface area contributed by atoms with Crippen molar-refractivity contribution in [3.05, 3.63) is 99.9 Å². The van der Waals surface area contributed by atoms with Crippen LogP contribution in [0.1, 0.15) is 67.2 Å². The van der Waals surface area contributed by atoms with Crippen LogP contribution >= 0.6 is 11.3 Å². The molecule has 0 saturated carbocycles. The van der Waals surface area contributed by atoms with Crippen LogP contribution in [-0.2, 0) is 22.0 Å². The smallest absolute Gasteiger partial charge is 0.326 e. The molecule has 2 aromatic heterocycles. The van der Waals surface area contributed by atoms with E-state index in [4.69, 9.17) is 0 Å². The summed E-state index contributed by atoms with van der Waals surface area (Å²) in [4.78, 5) is 30.9. The second kappa shape index (κ2) is 11.1. The van der Waals surface area contributed by atoms with Crippen molar-refractivity contribution < 1.29 is 14.7 Å². The molecule has 0 aliphatic carbocycles. The van der Waals surface area contributed by atoms with Crippen LogP contribution in [-0.4, -0.2) is 28.0 Å². The van der Waals surface area contributed by atoms with Crippen molar-refractivity contribution in [2.24, 2.45) is 0 Å². The zero-order chi connectivity index (χ0) is 28.4. The summed E-state index contributed by atoms with van der Waals surface area (Å²) in [6.45, 7) is 12.9. The number of carboxylic acids is 1. The molecule has 202 valence electrons. The van der Waals surface area contributed by atoms with Gasteiger partial charge in [0.25, 0.3) is 5.91 Å². The van der Waals surface area contributed by atoms with Gasteiger partial charge in [-0.2, -0.15) is 0 Å². The molecule has 39 heavy (non-hydrogen) atoms. The molecule has 0 spiro atoms. The molecule has 2 aromatic carbocycles. The van der Waals surface area contributed by atoms with Gasteiger partial charge in [-0.1, -0.05) is 96.1 Å². The molecule has 5 nitrogen and oxygen atoms in total. The first-order chi connectivity index (χ1) is 18.3. The van der Waals surface area contributed by atoms with Crippen molar-refractivity contribution in [3.63, 3.8) is 0 Å². The van der Waals surface area contributed by atoms with E-state index in [2.05, 4.69) is 82.2 Å². The summed E-state index contributed by atoms with van der Waals surface area (Å²) in [5, 5.41) is 12.4. The highest BCUT2D eigenvalue weighted by Gasteiger charge is 2.24. The number of aliphatic carboxylic acids is 1. The summed E-state index contributed by atoms with van der Waals surface area (Å²) in [6, 6.07) is 23.0. The Bertz CT molecular complexity index is 1440. The molecule has 0 radical (unpaired) electrons. The van der Waals surface area contributed by atoms with E-state index in [1.165, 1.54) is 16.9 Å². The van der Waals surface area contributed by atoms with E-state index in [1.54, 1.807) is 6.07 Å². The lowest BCUT2D eigenvalue weighted by Gasteiger charge is -2.19. The molecular formula is C33H36N2O3S. The van der Waals surface area contributed by atoms with Crippen molar-refractivity contribution in [1.29, 1.82) is 0 Å². The molecular weight excluding hydrogens is 504 g/mol. The maximum absolute atomic E-state index is 12.7. The molecule has 4 aromatic rings. The van der Waals surface area contributed by atoms with E-state index in [0.717, 1.165) is 32.8 Å². The van der Waals surface area contributed by atoms with Gasteiger partial charge in [-0.3, -0.25) is 9.78 Å². The predicted octanol–water partition coefficient (Wildman–Crippen LogP) is 7.50. The van der Waals surface area contributed by atoms with Crippen LogP contribution in [0.25, 0.3) is 22.4 Å². The number of thiophene rings is 1. The lowest BCUT2D eigenvalue weighted by molar-refractivity contribution is -0.139. The van der Waals surface area contributed by atoms with Gasteiger partial charge in [0.2, 0.25) is 0 Å². The maximum atomic E-state index is 12.7. The SMILES string of the molecule is CC(C)(C)c1ccc(-c2ccc(-c3ccc(CC(NC(=O)c4ccc(C(C)(C)C)s4)C(=O)O)cc3)nc2)cc1. The highest BCUT2D eigenvalue weighted by Crippen LogP contribution is 2.30. The Kier molecular flexibility index (Phi) is 8.07. The van der Waals surface area contributed by atoms with Gasteiger partial charge in [-0.25, -0.2) is 4.79 Å². The van der Waals surface area contributed by atoms with Crippen molar-refractivity contribution in [2.45, 2.75) is 64.8 Å². The van der Waals surface area contributed by atoms with Crippen LogP contribution < -0.4 is 5.32 Å². The van der Waals surface area contributed by atoms with Gasteiger partial charge in [0.15, 0.2) is 0 Å². The Labute approximate surface area is 235 Å². The molecule has 1 unspecified atom stereocenters. The summed E-state index contributed by atoms with van der Waals surface area (Å²) in [6.07, 6.45) is 2.07. The molecule has 0 saturated heterocycles. The van der Waals surface area contributed by atoms with Crippen LogP contribution in [0.2, 0.25) is 0 Å². The highest BCUT2D eigenvalue weighted by molar-refractivity contribution is 7.14. The van der Waals surface area contributed by atoms with Gasteiger partial charge < -0.3 is 10.4 Å². The first-order valence-electron chi connectivity index (χ1n) is 13.1. The van der Waals surface area contributed by atoms with E-state index in [-0.39, 0.29) is 23.2 Å². The molecule has 2 N–H and O–H groups in total. The number of aromatic nitrogens is 1. The lowest BCUT2D eigenvalue weighted by Crippen LogP contribution is -2.42. The summed E-state index contributed by atoms with van der Waals surface area (Å²) in [5.41, 5.74) is 6.12. The zero-order valence-corrected chi connectivity index (χ0v) is 24.2. The number of hydrogen-bond acceptors (Lipinski definition) is 4. The molecule has 2 heterocycles. The fourth-order valence-electron chi connectivity index (χ4n) is 4.24. The minimum absolute atomic E-state index is 0.0655. The van der Waals surface area contributed by atoms with E-state index < -0.39 is 12.0 Å². The van der Waals surface area contributed by atoms with Gasteiger partial charge in [0.05, 0.1) is 10.6 Å². The largest absolute Gasteiger partial charge is 0.480 e. The number of carbonyl (C=O) groups excluding carboxylic acids is 1. The van der Waals surface area contributed by atoms with Crippen LogP contribution in [0.4, 0.5) is 0 Å². The third-order valence-corrected chi connectivity index (χ3v) is 8.22. The topological polar surface area (TPSA) is 79.3 Å². The first-order valence-corrected chi connectivity index (χ1v) is 13.9. The zero-order valence-electron chi connectivity index (χ0n) is 23.4. The number of amides is 1. The van der Waals surface area contributed by atoms with Gasteiger partial charge in [0.1, 0.15) is 6.04 Å². The van der Waals surface area contributed by atoms with E-state index in [9.17, 15) is 14.7 Å². The summed E-state index contributed by atoms with van der Waals surface area (Å²) >= 11 is 1.40. The number of nitrogens with one attached hydrogen (secondary N) is 1. The van der Waals surface area contributed by atoms with E-state index in [1.807, 2.05) is 42.6 Å². The average molecular weight is 541 g/mol. The van der Waals surface area contributed by atoms with Gasteiger partial charge in [-0.15, -0.1) is 11.3 Å². The van der Waals surface area contributed by atoms with Crippen molar-refractivity contribution >= 4 is 23.2 Å². The fraction of sp³-hybridized carbons (Fsp3) is 0.303. The maximum Gasteiger partial charge on any atom is 0.326 e. The number of pyridine rings is 1. The third-order valence-electron chi connectivity index (χ3n) is 6.71. The summed E-state index contributed by atoms with van der Waals surface area (Å²) in [5.74, 6) is -1.43. The predicted molar refractivity (Wildman–Crippen MR) is 159 cm³/mol. The first kappa shape index (κ1) is 28.2. The van der Waals surface area contributed by atoms with E-state index >= 15 is 0 Å². The molecule has 1 atom stereocenters. The molecule has 4 rings (SSSR count). The number of nitrogens with zero attached hydrogens (tertiary/aromatic N) is 1. The Hall–Kier alpha value is -3.77. The third kappa shape index (κ3) is 7.01. The number of carbonyl (C=O) groups is 2. The number of carboxylic acid groups (broad SMARTS) is 1. The monoisotopic (exact) mass is 540 g/mol. The Morgan fingerprint density at radius 1 is 0.795 bits per heavy atom. The normalized spacial score (nSPS) is 12.7. The number of hydrogen-bond donors (Lipinski definition) is 2. The van der Waals surface area contributed by atoms with E-state index in [0.29, 0.717) is 4.88 Å². The summed E-state index contributed by atoms with van der Waals surface area (Å²) < 4.78 is 0. The minimum Gasteiger partial charge on any atom is -0.480 e. The molecule has 0 fully saturated rings. The molecule has 6 heteroatoms. The van der Waals surface area contributed by atoms with Crippen LogP contribution in [0.3, 0.4) is 0 Å². The van der Waals surface area contributed by atoms with Gasteiger partial charge in [-0.05, 0) is 45.7 Å². The van der Waals surface area contributed by atoms with Crippen LogP contribution in [0, 0.1) is 0 Å². The number of benzene rings is 2. The van der Waals surface area contributed by atoms with Crippen LogP contribution in [0.15, 0.2) is 79.0 Å². The molecule has 0 bridgehead atoms. The molecule has 0 aliphatic heterocycles. The van der Waals surface area contributed by atoms with Gasteiger partial charge in [0, 0.05) is 28.6 Å². The Balaban J connectivity index is 1.42. The van der Waals surface area contributed by atoms with Crippen molar-refractivity contribution in [1.82, 2.24) is 10.3 Å². The van der Waals surface area contributed by atoms with Gasteiger partial charge >= 0.3 is 5.97 Å².